The molecule has 0 aromatic carbocycles. The molecule has 70 valence electrons. The largest absolute Gasteiger partial charge is 0.494 e. The monoisotopic (exact) mass is 190 g/mol. The third kappa shape index (κ3) is 2.00. The van der Waals surface area contributed by atoms with Crippen molar-refractivity contribution in [3.05, 3.63) is 12.3 Å². The fraction of sp³-hybridized carbons (Fsp3) is 0.750. The molecule has 1 aliphatic heterocycles. The van der Waals surface area contributed by atoms with Gasteiger partial charge in [0.15, 0.2) is 9.84 Å². The van der Waals surface area contributed by atoms with E-state index in [1.807, 2.05) is 0 Å². The smallest absolute Gasteiger partial charge is 0.156 e. The van der Waals surface area contributed by atoms with E-state index in [9.17, 15) is 8.42 Å². The van der Waals surface area contributed by atoms with Crippen molar-refractivity contribution in [2.75, 3.05) is 5.75 Å². The molecule has 1 atom stereocenters. The van der Waals surface area contributed by atoms with E-state index in [0.717, 1.165) is 0 Å². The summed E-state index contributed by atoms with van der Waals surface area (Å²) in [5.41, 5.74) is 0. The lowest BCUT2D eigenvalue weighted by Gasteiger charge is -2.30. The second-order valence-corrected chi connectivity index (χ2v) is 5.96. The molecule has 1 rings (SSSR count). The van der Waals surface area contributed by atoms with Crippen molar-refractivity contribution in [1.29, 1.82) is 0 Å². The fourth-order valence-electron chi connectivity index (χ4n) is 1.02. The van der Waals surface area contributed by atoms with Gasteiger partial charge in [0.1, 0.15) is 6.10 Å². The zero-order valence-electron chi connectivity index (χ0n) is 7.41. The van der Waals surface area contributed by atoms with Crippen LogP contribution in [0.1, 0.15) is 20.3 Å². The molecule has 0 N–H and O–H groups in total. The van der Waals surface area contributed by atoms with Crippen LogP contribution in [0.15, 0.2) is 12.3 Å². The van der Waals surface area contributed by atoms with E-state index in [0.29, 0.717) is 12.2 Å². The first-order chi connectivity index (χ1) is 5.42. The third-order valence-corrected chi connectivity index (χ3v) is 4.20. The van der Waals surface area contributed by atoms with Gasteiger partial charge in [-0.25, -0.2) is 8.42 Å². The predicted molar refractivity (Wildman–Crippen MR) is 47.6 cm³/mol. The molecule has 0 bridgehead atoms. The lowest BCUT2D eigenvalue weighted by atomic mass is 10.2. The summed E-state index contributed by atoms with van der Waals surface area (Å²) >= 11 is 0. The molecule has 1 heterocycles. The van der Waals surface area contributed by atoms with Crippen molar-refractivity contribution in [3.63, 3.8) is 0 Å². The van der Waals surface area contributed by atoms with Crippen LogP contribution in [-0.2, 0) is 14.6 Å². The highest BCUT2D eigenvalue weighted by molar-refractivity contribution is 7.92. The Morgan fingerprint density at radius 1 is 1.67 bits per heavy atom. The fourth-order valence-corrected chi connectivity index (χ4v) is 2.11. The van der Waals surface area contributed by atoms with Crippen LogP contribution in [0.2, 0.25) is 0 Å². The molecule has 0 aliphatic carbocycles. The Kier molecular flexibility index (Phi) is 2.46. The third-order valence-electron chi connectivity index (χ3n) is 1.93. The summed E-state index contributed by atoms with van der Waals surface area (Å²) in [6.07, 6.45) is 0.538. The predicted octanol–water partition coefficient (Wildman–Crippen LogP) is 1.11. The maximum absolute atomic E-state index is 11.3. The summed E-state index contributed by atoms with van der Waals surface area (Å²) in [5.74, 6) is 0.822. The molecule has 4 heteroatoms. The summed E-state index contributed by atoms with van der Waals surface area (Å²) in [6, 6.07) is 0. The van der Waals surface area contributed by atoms with Gasteiger partial charge in [-0.3, -0.25) is 0 Å². The van der Waals surface area contributed by atoms with Crippen molar-refractivity contribution < 1.29 is 13.2 Å². The Balaban J connectivity index is 2.47. The van der Waals surface area contributed by atoms with Gasteiger partial charge in [-0.05, 0) is 13.8 Å². The highest BCUT2D eigenvalue weighted by Gasteiger charge is 2.30. The zero-order valence-corrected chi connectivity index (χ0v) is 8.23. The van der Waals surface area contributed by atoms with E-state index in [2.05, 4.69) is 6.58 Å². The van der Waals surface area contributed by atoms with Crippen molar-refractivity contribution in [2.45, 2.75) is 31.6 Å². The highest BCUT2D eigenvalue weighted by Crippen LogP contribution is 2.24. The molecule has 1 unspecified atom stereocenters. The minimum atomic E-state index is -2.95. The number of rotatable bonds is 3. The van der Waals surface area contributed by atoms with Crippen molar-refractivity contribution >= 4 is 9.84 Å². The maximum atomic E-state index is 11.3. The lowest BCUT2D eigenvalue weighted by molar-refractivity contribution is 0.0386. The van der Waals surface area contributed by atoms with Gasteiger partial charge in [-0.1, -0.05) is 6.58 Å². The standard InChI is InChI=1S/C8H14O3S/c1-6(2)12(9,10)5-8-4-7(3)11-8/h6,8H,3-5H2,1-2H3. The minimum Gasteiger partial charge on any atom is -0.494 e. The summed E-state index contributed by atoms with van der Waals surface area (Å²) in [4.78, 5) is 0. The number of ether oxygens (including phenoxy) is 1. The van der Waals surface area contributed by atoms with Crippen LogP contribution in [0, 0.1) is 0 Å². The van der Waals surface area contributed by atoms with Gasteiger partial charge in [0.2, 0.25) is 0 Å². The first-order valence-corrected chi connectivity index (χ1v) is 5.69. The van der Waals surface area contributed by atoms with Crippen LogP contribution in [0.25, 0.3) is 0 Å². The number of hydrogen-bond donors (Lipinski definition) is 0. The van der Waals surface area contributed by atoms with E-state index < -0.39 is 9.84 Å². The van der Waals surface area contributed by atoms with Gasteiger partial charge in [-0.15, -0.1) is 0 Å². The summed E-state index contributed by atoms with van der Waals surface area (Å²) in [5, 5.41) is -0.310. The SMILES string of the molecule is C=C1CC(CS(=O)(=O)C(C)C)O1. The topological polar surface area (TPSA) is 43.4 Å². The molecule has 0 spiro atoms. The van der Waals surface area contributed by atoms with Crippen molar-refractivity contribution in [2.24, 2.45) is 0 Å². The molecular weight excluding hydrogens is 176 g/mol. The van der Waals surface area contributed by atoms with Gasteiger partial charge in [0.05, 0.1) is 16.8 Å². The Hall–Kier alpha value is -0.510. The first kappa shape index (κ1) is 9.58. The molecule has 1 aliphatic rings. The average Bonchev–Trinajstić information content (AvgIpc) is 1.83. The summed E-state index contributed by atoms with van der Waals surface area (Å²) < 4.78 is 27.7. The Labute approximate surface area is 73.3 Å². The van der Waals surface area contributed by atoms with Crippen LogP contribution in [0.3, 0.4) is 0 Å². The Morgan fingerprint density at radius 3 is 2.50 bits per heavy atom. The second kappa shape index (κ2) is 3.09. The van der Waals surface area contributed by atoms with E-state index >= 15 is 0 Å². The lowest BCUT2D eigenvalue weighted by Crippen LogP contribution is -2.34. The second-order valence-electron chi connectivity index (χ2n) is 3.36. The van der Waals surface area contributed by atoms with Crippen LogP contribution in [-0.4, -0.2) is 25.5 Å². The van der Waals surface area contributed by atoms with E-state index in [-0.39, 0.29) is 17.1 Å². The van der Waals surface area contributed by atoms with Crippen molar-refractivity contribution in [1.82, 2.24) is 0 Å². The van der Waals surface area contributed by atoms with Gasteiger partial charge in [0.25, 0.3) is 0 Å². The minimum absolute atomic E-state index is 0.129. The number of sulfone groups is 1. The molecular formula is C8H14O3S. The summed E-state index contributed by atoms with van der Waals surface area (Å²) in [7, 11) is -2.95. The van der Waals surface area contributed by atoms with Crippen LogP contribution in [0.5, 0.6) is 0 Å². The Morgan fingerprint density at radius 2 is 2.17 bits per heavy atom. The van der Waals surface area contributed by atoms with Gasteiger partial charge < -0.3 is 4.74 Å². The van der Waals surface area contributed by atoms with Gasteiger partial charge in [-0.2, -0.15) is 0 Å². The molecule has 0 amide bonds. The van der Waals surface area contributed by atoms with Gasteiger partial charge in [0, 0.05) is 6.42 Å². The molecule has 0 saturated carbocycles. The zero-order chi connectivity index (χ0) is 9.35. The molecule has 1 saturated heterocycles. The van der Waals surface area contributed by atoms with Crippen LogP contribution >= 0.6 is 0 Å². The Bertz CT molecular complexity index is 269. The average molecular weight is 190 g/mol. The van der Waals surface area contributed by atoms with Crippen LogP contribution in [0.4, 0.5) is 0 Å². The molecule has 0 aromatic rings. The van der Waals surface area contributed by atoms with E-state index in [1.165, 1.54) is 0 Å². The molecule has 12 heavy (non-hydrogen) atoms. The first-order valence-electron chi connectivity index (χ1n) is 3.98. The normalized spacial score (nSPS) is 23.6. The van der Waals surface area contributed by atoms with E-state index in [4.69, 9.17) is 4.74 Å². The van der Waals surface area contributed by atoms with Crippen molar-refractivity contribution in [3.8, 4) is 0 Å². The van der Waals surface area contributed by atoms with Crippen LogP contribution < -0.4 is 0 Å². The quantitative estimate of drug-likeness (QED) is 0.669. The molecule has 1 fully saturated rings. The highest BCUT2D eigenvalue weighted by atomic mass is 32.2. The summed E-state index contributed by atoms with van der Waals surface area (Å²) in [6.45, 7) is 6.94. The van der Waals surface area contributed by atoms with Gasteiger partial charge >= 0.3 is 0 Å². The number of hydrogen-bond acceptors (Lipinski definition) is 3. The molecule has 0 radical (unpaired) electrons. The molecule has 0 aromatic heterocycles. The maximum Gasteiger partial charge on any atom is 0.156 e. The molecule has 3 nitrogen and oxygen atoms in total. The van der Waals surface area contributed by atoms with E-state index in [1.54, 1.807) is 13.8 Å².